The fourth-order valence-corrected chi connectivity index (χ4v) is 3.64. The first-order valence-corrected chi connectivity index (χ1v) is 10.1. The summed E-state index contributed by atoms with van der Waals surface area (Å²) in [6.45, 7) is 0. The topological polar surface area (TPSA) is 106 Å². The van der Waals surface area contributed by atoms with E-state index in [2.05, 4.69) is 20.7 Å². The molecule has 0 fully saturated rings. The predicted molar refractivity (Wildman–Crippen MR) is 93.5 cm³/mol. The number of para-hydroxylation sites is 1. The number of hydrogen-bond acceptors (Lipinski definition) is 4. The molecule has 0 radical (unpaired) electrons. The molecule has 0 aliphatic heterocycles. The first kappa shape index (κ1) is 17.7. The monoisotopic (exact) mass is 416 g/mol. The lowest BCUT2D eigenvalue weighted by Crippen LogP contribution is -2.17. The van der Waals surface area contributed by atoms with Crippen molar-refractivity contribution in [3.05, 3.63) is 64.0 Å². The van der Waals surface area contributed by atoms with Crippen LogP contribution in [0.4, 0.5) is 5.69 Å². The summed E-state index contributed by atoms with van der Waals surface area (Å²) >= 11 is 3.28. The Morgan fingerprint density at radius 3 is 2.17 bits per heavy atom. The quantitative estimate of drug-likeness (QED) is 0.780. The van der Waals surface area contributed by atoms with Gasteiger partial charge in [-0.1, -0.05) is 40.2 Å². The molecule has 0 aliphatic rings. The van der Waals surface area contributed by atoms with E-state index in [0.29, 0.717) is 5.56 Å². The first-order chi connectivity index (χ1) is 10.7. The molecule has 0 saturated carbocycles. The van der Waals surface area contributed by atoms with E-state index in [1.807, 2.05) is 0 Å². The Balaban J connectivity index is 2.27. The van der Waals surface area contributed by atoms with E-state index in [-0.39, 0.29) is 10.6 Å². The van der Waals surface area contributed by atoms with Crippen LogP contribution in [0, 0.1) is 0 Å². The van der Waals surface area contributed by atoms with Gasteiger partial charge in [0.15, 0.2) is 0 Å². The summed E-state index contributed by atoms with van der Waals surface area (Å²) in [5, 5.41) is 6.03. The van der Waals surface area contributed by atoms with Crippen LogP contribution in [0.2, 0.25) is 0 Å². The largest absolute Gasteiger partial charge is 0.279 e. The third kappa shape index (κ3) is 5.17. The molecule has 0 atom stereocenters. The molecule has 9 heteroatoms. The summed E-state index contributed by atoms with van der Waals surface area (Å²) < 4.78 is 50.2. The summed E-state index contributed by atoms with van der Waals surface area (Å²) in [5.41, 5.74) is 0.578. The van der Waals surface area contributed by atoms with Gasteiger partial charge in [-0.2, -0.15) is 0 Å². The van der Waals surface area contributed by atoms with Gasteiger partial charge in [0, 0.05) is 4.47 Å². The molecule has 0 spiro atoms. The molecule has 2 aromatic carbocycles. The Morgan fingerprint density at radius 2 is 1.57 bits per heavy atom. The molecule has 0 unspecified atom stereocenters. The van der Waals surface area contributed by atoms with Gasteiger partial charge in [0.25, 0.3) is 10.0 Å². The fourth-order valence-electron chi connectivity index (χ4n) is 1.73. The number of hydrogen-bond donors (Lipinski definition) is 2. The number of nitrogens with two attached hydrogens (primary N) is 1. The maximum absolute atomic E-state index is 12.1. The molecule has 122 valence electrons. The molecule has 6 nitrogen and oxygen atoms in total. The lowest BCUT2D eigenvalue weighted by molar-refractivity contribution is 0.598. The second-order valence-corrected chi connectivity index (χ2v) is 8.55. The van der Waals surface area contributed by atoms with Crippen molar-refractivity contribution in [3.63, 3.8) is 0 Å². The highest BCUT2D eigenvalue weighted by atomic mass is 79.9. The van der Waals surface area contributed by atoms with Crippen LogP contribution in [0.3, 0.4) is 0 Å². The number of benzene rings is 2. The van der Waals surface area contributed by atoms with Crippen LogP contribution in [-0.2, 0) is 20.0 Å². The van der Waals surface area contributed by atoms with Gasteiger partial charge >= 0.3 is 0 Å². The fraction of sp³-hybridized carbons (Fsp3) is 0. The van der Waals surface area contributed by atoms with Crippen LogP contribution in [0.5, 0.6) is 0 Å². The summed E-state index contributed by atoms with van der Waals surface area (Å²) in [4.78, 5) is -0.291. The summed E-state index contributed by atoms with van der Waals surface area (Å²) in [6.07, 6.45) is 1.40. The van der Waals surface area contributed by atoms with Crippen molar-refractivity contribution in [2.24, 2.45) is 5.14 Å². The minimum absolute atomic E-state index is 0.101. The van der Waals surface area contributed by atoms with E-state index in [1.54, 1.807) is 24.3 Å². The first-order valence-electron chi connectivity index (χ1n) is 6.26. The Kier molecular flexibility index (Phi) is 5.25. The lowest BCUT2D eigenvalue weighted by atomic mass is 10.2. The average Bonchev–Trinajstić information content (AvgIpc) is 2.46. The highest BCUT2D eigenvalue weighted by Crippen LogP contribution is 2.21. The zero-order chi connectivity index (χ0) is 17.1. The van der Waals surface area contributed by atoms with Crippen molar-refractivity contribution in [1.82, 2.24) is 0 Å². The Morgan fingerprint density at radius 1 is 0.957 bits per heavy atom. The van der Waals surface area contributed by atoms with Gasteiger partial charge in [0.1, 0.15) is 4.90 Å². The van der Waals surface area contributed by atoms with Gasteiger partial charge < -0.3 is 0 Å². The molecule has 3 N–H and O–H groups in total. The van der Waals surface area contributed by atoms with Crippen LogP contribution in [0.1, 0.15) is 5.56 Å². The molecule has 2 aromatic rings. The second-order valence-electron chi connectivity index (χ2n) is 4.54. The van der Waals surface area contributed by atoms with E-state index in [4.69, 9.17) is 5.14 Å². The lowest BCUT2D eigenvalue weighted by Gasteiger charge is -2.08. The number of rotatable bonds is 5. The highest BCUT2D eigenvalue weighted by molar-refractivity contribution is 9.10. The molecule has 23 heavy (non-hydrogen) atoms. The summed E-state index contributed by atoms with van der Waals surface area (Å²) in [6, 6.07) is 12.5. The van der Waals surface area contributed by atoms with E-state index >= 15 is 0 Å². The van der Waals surface area contributed by atoms with Gasteiger partial charge in [-0.3, -0.25) is 4.72 Å². The third-order valence-electron chi connectivity index (χ3n) is 2.76. The standard InChI is InChI=1S/C14H13BrN2O4S2/c15-12-7-5-11(6-8-12)9-10-22(18,19)17-13-3-1-2-4-14(13)23(16,20)21/h1-10,17H,(H2,16,20,21)/b10-9+. The van der Waals surface area contributed by atoms with Gasteiger partial charge in [0.2, 0.25) is 10.0 Å². The molecule has 0 saturated heterocycles. The molecule has 0 amide bonds. The summed E-state index contributed by atoms with van der Waals surface area (Å²) in [5.74, 6) is 0. The molecule has 0 aromatic heterocycles. The van der Waals surface area contributed by atoms with Crippen molar-refractivity contribution in [2.45, 2.75) is 4.90 Å². The molecule has 2 rings (SSSR count). The predicted octanol–water partition coefficient (Wildman–Crippen LogP) is 2.51. The van der Waals surface area contributed by atoms with Crippen LogP contribution < -0.4 is 9.86 Å². The molecule has 0 aliphatic carbocycles. The van der Waals surface area contributed by atoms with Crippen LogP contribution >= 0.6 is 15.9 Å². The Labute approximate surface area is 143 Å². The van der Waals surface area contributed by atoms with Crippen LogP contribution in [-0.4, -0.2) is 16.8 Å². The van der Waals surface area contributed by atoms with Crippen LogP contribution in [0.15, 0.2) is 63.3 Å². The van der Waals surface area contributed by atoms with Gasteiger partial charge in [-0.15, -0.1) is 0 Å². The van der Waals surface area contributed by atoms with E-state index in [9.17, 15) is 16.8 Å². The number of primary sulfonamides is 1. The van der Waals surface area contributed by atoms with Crippen molar-refractivity contribution < 1.29 is 16.8 Å². The maximum Gasteiger partial charge on any atom is 0.255 e. The van der Waals surface area contributed by atoms with E-state index in [1.165, 1.54) is 30.3 Å². The molecular formula is C14H13BrN2O4S2. The summed E-state index contributed by atoms with van der Waals surface area (Å²) in [7, 11) is -7.92. The zero-order valence-electron chi connectivity index (χ0n) is 11.7. The minimum atomic E-state index is -4.03. The van der Waals surface area contributed by atoms with Crippen molar-refractivity contribution in [1.29, 1.82) is 0 Å². The second kappa shape index (κ2) is 6.83. The van der Waals surface area contributed by atoms with Crippen LogP contribution in [0.25, 0.3) is 6.08 Å². The number of nitrogens with one attached hydrogen (secondary N) is 1. The Bertz CT molecular complexity index is 937. The third-order valence-corrected chi connectivity index (χ3v) is 5.25. The van der Waals surface area contributed by atoms with Crippen molar-refractivity contribution >= 4 is 47.7 Å². The zero-order valence-corrected chi connectivity index (χ0v) is 14.9. The molecule has 0 bridgehead atoms. The Hall–Kier alpha value is -1.68. The number of anilines is 1. The van der Waals surface area contributed by atoms with Gasteiger partial charge in [0.05, 0.1) is 11.1 Å². The maximum atomic E-state index is 12.1. The average molecular weight is 417 g/mol. The minimum Gasteiger partial charge on any atom is -0.279 e. The molecular weight excluding hydrogens is 404 g/mol. The smallest absolute Gasteiger partial charge is 0.255 e. The highest BCUT2D eigenvalue weighted by Gasteiger charge is 2.16. The van der Waals surface area contributed by atoms with E-state index < -0.39 is 20.0 Å². The van der Waals surface area contributed by atoms with E-state index in [0.717, 1.165) is 9.88 Å². The van der Waals surface area contributed by atoms with Gasteiger partial charge in [-0.05, 0) is 35.9 Å². The van der Waals surface area contributed by atoms with Crippen molar-refractivity contribution in [2.75, 3.05) is 4.72 Å². The number of halogens is 1. The molecule has 0 heterocycles. The normalized spacial score (nSPS) is 12.4. The SMILES string of the molecule is NS(=O)(=O)c1ccccc1NS(=O)(=O)/C=C/c1ccc(Br)cc1. The number of sulfonamides is 2. The van der Waals surface area contributed by atoms with Gasteiger partial charge in [-0.25, -0.2) is 22.0 Å². The van der Waals surface area contributed by atoms with Crippen molar-refractivity contribution in [3.8, 4) is 0 Å².